The molecule has 0 spiro atoms. The van der Waals surface area contributed by atoms with Crippen LogP contribution in [0.2, 0.25) is 0 Å². The Morgan fingerprint density at radius 3 is 2.77 bits per heavy atom. The molecule has 3 heterocycles. The van der Waals surface area contributed by atoms with E-state index >= 15 is 0 Å². The summed E-state index contributed by atoms with van der Waals surface area (Å²) in [5, 5.41) is 8.10. The minimum Gasteiger partial charge on any atom is -0.339 e. The summed E-state index contributed by atoms with van der Waals surface area (Å²) in [6.07, 6.45) is 0. The highest BCUT2D eigenvalue weighted by molar-refractivity contribution is 7.13. The molecule has 0 saturated carbocycles. The second kappa shape index (κ2) is 6.07. The molecule has 2 aromatic carbocycles. The molecule has 4 aromatic rings. The molecule has 0 unspecified atom stereocenters. The summed E-state index contributed by atoms with van der Waals surface area (Å²) in [5.41, 5.74) is 0.742. The molecule has 0 bridgehead atoms. The van der Waals surface area contributed by atoms with E-state index in [9.17, 15) is 4.79 Å². The van der Waals surface area contributed by atoms with Crippen molar-refractivity contribution >= 4 is 28.0 Å². The van der Waals surface area contributed by atoms with E-state index in [2.05, 4.69) is 10.1 Å². The Balaban J connectivity index is 1.33. The Hall–Kier alpha value is -2.99. The minimum atomic E-state index is 0.0519. The summed E-state index contributed by atoms with van der Waals surface area (Å²) in [4.78, 5) is 20.2. The summed E-state index contributed by atoms with van der Waals surface area (Å²) in [6.45, 7) is 1.21. The largest absolute Gasteiger partial charge is 0.339 e. The lowest BCUT2D eigenvalue weighted by Gasteiger charge is -2.37. The van der Waals surface area contributed by atoms with E-state index < -0.39 is 0 Å². The maximum Gasteiger partial charge on any atom is 0.254 e. The molecule has 5 nitrogen and oxygen atoms in total. The summed E-state index contributed by atoms with van der Waals surface area (Å²) < 4.78 is 5.40. The molecule has 0 atom stereocenters. The topological polar surface area (TPSA) is 59.2 Å². The first kappa shape index (κ1) is 15.3. The second-order valence-electron chi connectivity index (χ2n) is 6.37. The molecule has 1 aliphatic rings. The summed E-state index contributed by atoms with van der Waals surface area (Å²) in [6, 6.07) is 17.7. The number of benzene rings is 2. The number of rotatable bonds is 3. The smallest absolute Gasteiger partial charge is 0.254 e. The molecule has 1 fully saturated rings. The van der Waals surface area contributed by atoms with E-state index in [-0.39, 0.29) is 11.8 Å². The molecule has 0 radical (unpaired) electrons. The maximum atomic E-state index is 12.9. The number of carbonyl (C=O) groups is 1. The molecule has 128 valence electrons. The van der Waals surface area contributed by atoms with Crippen molar-refractivity contribution in [3.05, 3.63) is 71.4 Å². The zero-order chi connectivity index (χ0) is 17.5. The van der Waals surface area contributed by atoms with Gasteiger partial charge in [0, 0.05) is 18.7 Å². The van der Waals surface area contributed by atoms with Gasteiger partial charge in [-0.1, -0.05) is 47.6 Å². The van der Waals surface area contributed by atoms with Gasteiger partial charge >= 0.3 is 0 Å². The van der Waals surface area contributed by atoms with E-state index in [0.717, 1.165) is 21.2 Å². The van der Waals surface area contributed by atoms with Crippen LogP contribution in [0.1, 0.15) is 22.2 Å². The van der Waals surface area contributed by atoms with Crippen molar-refractivity contribution in [3.8, 4) is 10.7 Å². The highest BCUT2D eigenvalue weighted by Gasteiger charge is 2.36. The first-order valence-corrected chi connectivity index (χ1v) is 9.32. The Morgan fingerprint density at radius 1 is 1.08 bits per heavy atom. The lowest BCUT2D eigenvalue weighted by atomic mass is 9.97. The van der Waals surface area contributed by atoms with Gasteiger partial charge in [-0.25, -0.2) is 0 Å². The van der Waals surface area contributed by atoms with Crippen LogP contribution in [0, 0.1) is 0 Å². The molecule has 2 aromatic heterocycles. The van der Waals surface area contributed by atoms with Gasteiger partial charge in [-0.15, -0.1) is 11.3 Å². The van der Waals surface area contributed by atoms with Crippen molar-refractivity contribution in [1.29, 1.82) is 0 Å². The number of hydrogen-bond donors (Lipinski definition) is 0. The Kier molecular flexibility index (Phi) is 3.57. The molecular weight excluding hydrogens is 346 g/mol. The van der Waals surface area contributed by atoms with Crippen LogP contribution in [0.15, 0.2) is 64.5 Å². The van der Waals surface area contributed by atoms with Crippen LogP contribution in [0.25, 0.3) is 21.5 Å². The van der Waals surface area contributed by atoms with Crippen LogP contribution >= 0.6 is 11.3 Å². The van der Waals surface area contributed by atoms with Crippen molar-refractivity contribution in [1.82, 2.24) is 15.0 Å². The van der Waals surface area contributed by atoms with Gasteiger partial charge in [-0.05, 0) is 28.3 Å². The number of carbonyl (C=O) groups excluding carboxylic acids is 1. The predicted molar refractivity (Wildman–Crippen MR) is 100 cm³/mol. The highest BCUT2D eigenvalue weighted by atomic mass is 32.1. The van der Waals surface area contributed by atoms with Crippen LogP contribution in [-0.2, 0) is 0 Å². The van der Waals surface area contributed by atoms with Gasteiger partial charge in [-0.3, -0.25) is 4.79 Å². The average Bonchev–Trinajstić information content (AvgIpc) is 3.31. The van der Waals surface area contributed by atoms with Gasteiger partial charge < -0.3 is 9.42 Å². The van der Waals surface area contributed by atoms with Crippen LogP contribution in [0.4, 0.5) is 0 Å². The maximum absolute atomic E-state index is 12.9. The number of hydrogen-bond acceptors (Lipinski definition) is 5. The first-order chi connectivity index (χ1) is 12.8. The van der Waals surface area contributed by atoms with Gasteiger partial charge in [-0.2, -0.15) is 4.98 Å². The van der Waals surface area contributed by atoms with Crippen LogP contribution in [-0.4, -0.2) is 34.0 Å². The van der Waals surface area contributed by atoms with E-state index in [1.54, 1.807) is 11.3 Å². The van der Waals surface area contributed by atoms with E-state index in [1.807, 2.05) is 64.9 Å². The summed E-state index contributed by atoms with van der Waals surface area (Å²) in [7, 11) is 0. The zero-order valence-corrected chi connectivity index (χ0v) is 14.6. The number of fused-ring (bicyclic) bond motifs is 1. The molecule has 1 saturated heterocycles. The number of nitrogens with zero attached hydrogens (tertiary/aromatic N) is 3. The third-order valence-corrected chi connectivity index (χ3v) is 5.59. The first-order valence-electron chi connectivity index (χ1n) is 8.44. The molecule has 0 N–H and O–H groups in total. The quantitative estimate of drug-likeness (QED) is 0.549. The number of aromatic nitrogens is 2. The number of thiophene rings is 1. The van der Waals surface area contributed by atoms with Crippen LogP contribution < -0.4 is 0 Å². The number of amides is 1. The Morgan fingerprint density at radius 2 is 1.92 bits per heavy atom. The third kappa shape index (κ3) is 2.50. The van der Waals surface area contributed by atoms with Crippen LogP contribution in [0.3, 0.4) is 0 Å². The van der Waals surface area contributed by atoms with E-state index in [1.165, 1.54) is 0 Å². The van der Waals surface area contributed by atoms with E-state index in [0.29, 0.717) is 24.8 Å². The molecule has 0 aliphatic carbocycles. The molecule has 5 rings (SSSR count). The second-order valence-corrected chi connectivity index (χ2v) is 7.31. The monoisotopic (exact) mass is 361 g/mol. The van der Waals surface area contributed by atoms with Gasteiger partial charge in [0.25, 0.3) is 5.91 Å². The lowest BCUT2D eigenvalue weighted by molar-refractivity contribution is 0.0571. The fourth-order valence-electron chi connectivity index (χ4n) is 3.29. The summed E-state index contributed by atoms with van der Waals surface area (Å²) >= 11 is 1.58. The lowest BCUT2D eigenvalue weighted by Crippen LogP contribution is -2.48. The summed E-state index contributed by atoms with van der Waals surface area (Å²) in [5.74, 6) is 1.38. The van der Waals surface area contributed by atoms with Crippen molar-refractivity contribution in [3.63, 3.8) is 0 Å². The van der Waals surface area contributed by atoms with Crippen molar-refractivity contribution in [2.75, 3.05) is 13.1 Å². The predicted octanol–water partition coefficient (Wildman–Crippen LogP) is 4.19. The fraction of sp³-hybridized carbons (Fsp3) is 0.150. The molecule has 1 aliphatic heterocycles. The standard InChI is InChI=1S/C20H15N3O2S/c24-20(16-8-3-6-13-5-1-2-7-15(13)16)23-11-14(12-23)19-21-18(22-25-19)17-9-4-10-26-17/h1-10,14H,11-12H2. The zero-order valence-electron chi connectivity index (χ0n) is 13.8. The van der Waals surface area contributed by atoms with Gasteiger partial charge in [0.05, 0.1) is 10.8 Å². The molecule has 1 amide bonds. The number of likely N-dealkylation sites (tertiary alicyclic amines) is 1. The Labute approximate surface area is 153 Å². The van der Waals surface area contributed by atoms with Gasteiger partial charge in [0.1, 0.15) is 0 Å². The average molecular weight is 361 g/mol. The van der Waals surface area contributed by atoms with Gasteiger partial charge in [0.15, 0.2) is 0 Å². The Bertz CT molecular complexity index is 1080. The third-order valence-electron chi connectivity index (χ3n) is 4.72. The van der Waals surface area contributed by atoms with Crippen molar-refractivity contribution in [2.45, 2.75) is 5.92 Å². The molecular formula is C20H15N3O2S. The highest BCUT2D eigenvalue weighted by Crippen LogP contribution is 2.31. The minimum absolute atomic E-state index is 0.0519. The van der Waals surface area contributed by atoms with Crippen molar-refractivity contribution in [2.24, 2.45) is 0 Å². The molecule has 6 heteroatoms. The van der Waals surface area contributed by atoms with E-state index in [4.69, 9.17) is 4.52 Å². The van der Waals surface area contributed by atoms with Crippen LogP contribution in [0.5, 0.6) is 0 Å². The molecule has 26 heavy (non-hydrogen) atoms. The SMILES string of the molecule is O=C(c1cccc2ccccc12)N1CC(c2nc(-c3cccs3)no2)C1. The fourth-order valence-corrected chi connectivity index (χ4v) is 3.94. The van der Waals surface area contributed by atoms with Crippen molar-refractivity contribution < 1.29 is 9.32 Å². The normalized spacial score (nSPS) is 14.5. The van der Waals surface area contributed by atoms with Gasteiger partial charge in [0.2, 0.25) is 11.7 Å².